The highest BCUT2D eigenvalue weighted by molar-refractivity contribution is 7.91. The van der Waals surface area contributed by atoms with E-state index in [-0.39, 0.29) is 38.9 Å². The molecule has 0 aromatic heterocycles. The molecule has 0 unspecified atom stereocenters. The topological polar surface area (TPSA) is 207 Å². The number of nitrogens with two attached hydrogens (primary N) is 1. The summed E-state index contributed by atoms with van der Waals surface area (Å²) in [5.74, 6) is -2.52. The van der Waals surface area contributed by atoms with Crippen molar-refractivity contribution in [2.75, 3.05) is 12.3 Å². The molecule has 0 bridgehead atoms. The first-order valence-electron chi connectivity index (χ1n) is 17.7. The molecule has 0 spiro atoms. The lowest BCUT2D eigenvalue weighted by molar-refractivity contribution is -0.141. The van der Waals surface area contributed by atoms with Crippen molar-refractivity contribution in [1.29, 1.82) is 0 Å². The minimum absolute atomic E-state index is 0.0794. The van der Waals surface area contributed by atoms with Gasteiger partial charge in [-0.25, -0.2) is 18.0 Å². The van der Waals surface area contributed by atoms with Crippen LogP contribution in [0.3, 0.4) is 0 Å². The van der Waals surface area contributed by atoms with E-state index in [9.17, 15) is 32.4 Å². The Kier molecular flexibility index (Phi) is 10.0. The number of hydrogen-bond donors (Lipinski definition) is 4. The number of benzene rings is 1. The minimum Gasteiger partial charge on any atom is -0.444 e. The predicted octanol–water partition coefficient (Wildman–Crippen LogP) is 2.59. The first-order valence-corrected chi connectivity index (χ1v) is 19.3. The summed E-state index contributed by atoms with van der Waals surface area (Å²) in [6.07, 6.45) is 5.52. The molecule has 3 heterocycles. The third-order valence-corrected chi connectivity index (χ3v) is 11.9. The summed E-state index contributed by atoms with van der Waals surface area (Å²) in [5, 5.41) is 4.85. The average Bonchev–Trinajstić information content (AvgIpc) is 3.93. The number of nitrogen functional groups attached to an aromatic ring is 1. The maximum atomic E-state index is 14.3. The Morgan fingerprint density at radius 1 is 1.06 bits per heavy atom. The second-order valence-corrected chi connectivity index (χ2v) is 17.3. The molecule has 3 aliphatic heterocycles. The van der Waals surface area contributed by atoms with E-state index in [1.165, 1.54) is 9.80 Å². The maximum absolute atomic E-state index is 14.3. The number of amides is 5. The van der Waals surface area contributed by atoms with Crippen LogP contribution < -0.4 is 21.1 Å². The van der Waals surface area contributed by atoms with Crippen LogP contribution >= 0.6 is 0 Å². The molecular formula is C35H48N6O9S. The van der Waals surface area contributed by atoms with Gasteiger partial charge in [0.05, 0.1) is 18.3 Å². The van der Waals surface area contributed by atoms with Gasteiger partial charge in [-0.2, -0.15) is 0 Å². The van der Waals surface area contributed by atoms with E-state index in [2.05, 4.69) is 15.4 Å². The van der Waals surface area contributed by atoms with Crippen LogP contribution in [0.25, 0.3) is 0 Å². The van der Waals surface area contributed by atoms with Crippen molar-refractivity contribution in [2.45, 2.75) is 126 Å². The molecule has 0 radical (unpaired) electrons. The van der Waals surface area contributed by atoms with E-state index in [0.29, 0.717) is 31.4 Å². The Morgan fingerprint density at radius 2 is 1.82 bits per heavy atom. The van der Waals surface area contributed by atoms with Gasteiger partial charge >= 0.3 is 12.2 Å². The van der Waals surface area contributed by atoms with Gasteiger partial charge in [-0.1, -0.05) is 37.1 Å². The van der Waals surface area contributed by atoms with Gasteiger partial charge in [0, 0.05) is 24.6 Å². The zero-order valence-corrected chi connectivity index (χ0v) is 30.1. The molecule has 5 N–H and O–H groups in total. The predicted molar refractivity (Wildman–Crippen MR) is 185 cm³/mol. The molecule has 16 heteroatoms. The van der Waals surface area contributed by atoms with E-state index in [1.807, 2.05) is 24.3 Å². The zero-order valence-electron chi connectivity index (χ0n) is 29.3. The second kappa shape index (κ2) is 14.0. The standard InChI is InChI=1S/C35H48N6O9S/c1-34(2,3)50-32(45)37-27-13-8-6-4-5-7-11-22-17-35(22,31(44)39-51(47,48)24-14-15-24)38-29(42)28-16-23(19-41(28)30(27)43)49-33(46)40-18-21-10-9-12-26(36)25(21)20-40/h7,9-12,22-24,27-28H,4-6,8,13-20,36H2,1-3H3,(H,37,45)(H,38,42)(H,39,44)/b11-7-/t22-,23-,27-,28+,35-/m1/s1. The van der Waals surface area contributed by atoms with Crippen molar-refractivity contribution in [3.63, 3.8) is 0 Å². The largest absolute Gasteiger partial charge is 0.444 e. The molecule has 5 aliphatic rings. The van der Waals surface area contributed by atoms with Gasteiger partial charge < -0.3 is 30.7 Å². The number of sulfonamides is 1. The summed E-state index contributed by atoms with van der Waals surface area (Å²) in [5.41, 5.74) is 6.06. The monoisotopic (exact) mass is 728 g/mol. The van der Waals surface area contributed by atoms with Crippen LogP contribution in [0.1, 0.15) is 89.7 Å². The number of fused-ring (bicyclic) bond motifs is 3. The van der Waals surface area contributed by atoms with Crippen LogP contribution in [0.2, 0.25) is 0 Å². The number of ether oxygens (including phenoxy) is 2. The van der Waals surface area contributed by atoms with Gasteiger partial charge in [0.25, 0.3) is 5.91 Å². The first-order chi connectivity index (χ1) is 24.1. The van der Waals surface area contributed by atoms with Crippen molar-refractivity contribution >= 4 is 45.6 Å². The third kappa shape index (κ3) is 8.26. The molecule has 1 aromatic rings. The molecule has 1 saturated heterocycles. The van der Waals surface area contributed by atoms with E-state index in [1.54, 1.807) is 26.8 Å². The molecule has 6 rings (SSSR count). The maximum Gasteiger partial charge on any atom is 0.410 e. The van der Waals surface area contributed by atoms with Crippen molar-refractivity contribution in [1.82, 2.24) is 25.2 Å². The van der Waals surface area contributed by atoms with Gasteiger partial charge in [0.2, 0.25) is 21.8 Å². The van der Waals surface area contributed by atoms with Crippen LogP contribution in [0.4, 0.5) is 15.3 Å². The Balaban J connectivity index is 1.25. The average molecular weight is 729 g/mol. The van der Waals surface area contributed by atoms with E-state index < -0.39 is 80.4 Å². The summed E-state index contributed by atoms with van der Waals surface area (Å²) in [6.45, 7) is 5.51. The highest BCUT2D eigenvalue weighted by Crippen LogP contribution is 2.46. The van der Waals surface area contributed by atoms with Gasteiger partial charge in [0.1, 0.15) is 29.3 Å². The zero-order chi connectivity index (χ0) is 36.7. The molecular weight excluding hydrogens is 680 g/mol. The van der Waals surface area contributed by atoms with E-state index in [4.69, 9.17) is 15.2 Å². The fraction of sp³-hybridized carbons (Fsp3) is 0.629. The number of rotatable bonds is 5. The molecule has 2 saturated carbocycles. The normalized spacial score (nSPS) is 28.9. The lowest BCUT2D eigenvalue weighted by Gasteiger charge is -2.30. The van der Waals surface area contributed by atoms with Crippen LogP contribution in [0.15, 0.2) is 30.4 Å². The van der Waals surface area contributed by atoms with Crippen LogP contribution in [-0.4, -0.2) is 89.2 Å². The Hall–Kier alpha value is -4.34. The van der Waals surface area contributed by atoms with Gasteiger partial charge in [0.15, 0.2) is 0 Å². The van der Waals surface area contributed by atoms with Crippen LogP contribution in [-0.2, 0) is 47.0 Å². The fourth-order valence-corrected chi connectivity index (χ4v) is 8.46. The molecule has 3 fully saturated rings. The second-order valence-electron chi connectivity index (χ2n) is 15.3. The van der Waals surface area contributed by atoms with Gasteiger partial charge in [-0.15, -0.1) is 0 Å². The van der Waals surface area contributed by atoms with Crippen LogP contribution in [0, 0.1) is 5.92 Å². The summed E-state index contributed by atoms with van der Waals surface area (Å²) in [4.78, 5) is 71.2. The SMILES string of the molecule is CC(C)(C)OC(=O)N[C@@H]1CCCCC/C=C\[C@@H]2C[C@@]2(C(=O)NS(=O)(=O)C2CC2)NC(=O)[C@@H]2C[C@@H](OC(=O)N3Cc4cccc(N)c4C3)CN2C1=O. The number of hydrogen-bond acceptors (Lipinski definition) is 10. The van der Waals surface area contributed by atoms with Crippen molar-refractivity contribution in [3.8, 4) is 0 Å². The molecule has 5 atom stereocenters. The van der Waals surface area contributed by atoms with Crippen LogP contribution in [0.5, 0.6) is 0 Å². The molecule has 15 nitrogen and oxygen atoms in total. The number of nitrogens with one attached hydrogen (secondary N) is 3. The number of carbonyl (C=O) groups is 5. The summed E-state index contributed by atoms with van der Waals surface area (Å²) < 4.78 is 39.0. The smallest absolute Gasteiger partial charge is 0.410 e. The summed E-state index contributed by atoms with van der Waals surface area (Å²) >= 11 is 0. The minimum atomic E-state index is -3.90. The Bertz CT molecular complexity index is 1720. The number of allylic oxidation sites excluding steroid dienone is 1. The third-order valence-electron chi connectivity index (χ3n) is 10.1. The molecule has 5 amide bonds. The fourth-order valence-electron chi connectivity index (χ4n) is 7.09. The molecule has 1 aromatic carbocycles. The van der Waals surface area contributed by atoms with Crippen molar-refractivity contribution in [2.24, 2.45) is 5.92 Å². The Labute approximate surface area is 298 Å². The van der Waals surface area contributed by atoms with Crippen molar-refractivity contribution in [3.05, 3.63) is 41.5 Å². The quantitative estimate of drug-likeness (QED) is 0.258. The number of alkyl carbamates (subject to hydrolysis) is 1. The first kappa shape index (κ1) is 36.5. The van der Waals surface area contributed by atoms with E-state index >= 15 is 0 Å². The lowest BCUT2D eigenvalue weighted by atomic mass is 10.0. The molecule has 278 valence electrons. The summed E-state index contributed by atoms with van der Waals surface area (Å²) in [7, 11) is -3.90. The lowest BCUT2D eigenvalue weighted by Crippen LogP contribution is -2.58. The molecule has 2 aliphatic carbocycles. The van der Waals surface area contributed by atoms with E-state index in [0.717, 1.165) is 24.0 Å². The number of nitrogens with zero attached hydrogens (tertiary/aromatic N) is 2. The van der Waals surface area contributed by atoms with Gasteiger partial charge in [-0.05, 0) is 76.5 Å². The highest BCUT2D eigenvalue weighted by Gasteiger charge is 2.62. The van der Waals surface area contributed by atoms with Crippen molar-refractivity contribution < 1.29 is 41.9 Å². The summed E-state index contributed by atoms with van der Waals surface area (Å²) in [6, 6.07) is 3.22. The van der Waals surface area contributed by atoms with Gasteiger partial charge in [-0.3, -0.25) is 24.0 Å². The number of carbonyl (C=O) groups excluding carboxylic acids is 5. The Morgan fingerprint density at radius 3 is 2.53 bits per heavy atom. The highest BCUT2D eigenvalue weighted by atomic mass is 32.2. The molecule has 51 heavy (non-hydrogen) atoms. The number of anilines is 1.